The third-order valence-electron chi connectivity index (χ3n) is 4.28. The molecule has 0 radical (unpaired) electrons. The van der Waals surface area contributed by atoms with Crippen molar-refractivity contribution in [2.45, 2.75) is 24.7 Å². The predicted octanol–water partition coefficient (Wildman–Crippen LogP) is 3.92. The normalized spacial score (nSPS) is 11.9. The first kappa shape index (κ1) is 21.4. The molecule has 0 saturated carbocycles. The smallest absolute Gasteiger partial charge is 0.266 e. The molecule has 146 valence electrons. The Morgan fingerprint density at radius 1 is 1.11 bits per heavy atom. The molecule has 0 heterocycles. The van der Waals surface area contributed by atoms with Crippen molar-refractivity contribution in [1.82, 2.24) is 4.47 Å². The highest BCUT2D eigenvalue weighted by Crippen LogP contribution is 2.27. The maximum absolute atomic E-state index is 12.9. The van der Waals surface area contributed by atoms with E-state index < -0.39 is 10.0 Å². The van der Waals surface area contributed by atoms with Gasteiger partial charge < -0.3 is 4.90 Å². The second-order valence-electron chi connectivity index (χ2n) is 6.36. The van der Waals surface area contributed by atoms with Crippen molar-refractivity contribution in [3.05, 3.63) is 58.6 Å². The fraction of sp³-hybridized carbons (Fsp3) is 0.316. The number of amides is 1. The summed E-state index contributed by atoms with van der Waals surface area (Å²) in [6, 6.07) is 11.8. The largest absolute Gasteiger partial charge is 0.311 e. The Morgan fingerprint density at radius 3 is 2.37 bits per heavy atom. The first-order valence-corrected chi connectivity index (χ1v) is 10.1. The standard InChI is InChI=1S/C19H23ClN2O4S/c1-13(2)14-7-6-8-16(11-14)21(3)19(23)15-9-10-17(20)18(12-15)27(24,25)22(4)26-5/h6-13H,1-5H3. The van der Waals surface area contributed by atoms with E-state index in [2.05, 4.69) is 13.8 Å². The van der Waals surface area contributed by atoms with Gasteiger partial charge in [0.05, 0.1) is 12.1 Å². The fourth-order valence-corrected chi connectivity index (χ4v) is 3.95. The lowest BCUT2D eigenvalue weighted by molar-refractivity contribution is -0.0258. The van der Waals surface area contributed by atoms with Crippen LogP contribution in [0.3, 0.4) is 0 Å². The molecule has 0 unspecified atom stereocenters. The average molecular weight is 411 g/mol. The molecule has 0 fully saturated rings. The monoisotopic (exact) mass is 410 g/mol. The Labute approximate surface area is 165 Å². The Morgan fingerprint density at radius 2 is 1.78 bits per heavy atom. The minimum Gasteiger partial charge on any atom is -0.311 e. The number of carbonyl (C=O) groups excluding carboxylic acids is 1. The number of halogens is 1. The van der Waals surface area contributed by atoms with Gasteiger partial charge in [-0.05, 0) is 41.8 Å². The van der Waals surface area contributed by atoms with Crippen LogP contribution < -0.4 is 4.90 Å². The summed E-state index contributed by atoms with van der Waals surface area (Å²) < 4.78 is 25.7. The lowest BCUT2D eigenvalue weighted by Gasteiger charge is -2.20. The molecule has 0 aliphatic rings. The molecule has 0 aromatic heterocycles. The van der Waals surface area contributed by atoms with E-state index in [1.807, 2.05) is 24.3 Å². The zero-order chi connectivity index (χ0) is 20.4. The summed E-state index contributed by atoms with van der Waals surface area (Å²) in [5.74, 6) is -0.0191. The van der Waals surface area contributed by atoms with E-state index in [0.29, 0.717) is 10.4 Å². The molecular formula is C19H23ClN2O4S. The van der Waals surface area contributed by atoms with E-state index in [4.69, 9.17) is 16.4 Å². The molecule has 0 atom stereocenters. The number of hydrogen-bond acceptors (Lipinski definition) is 4. The van der Waals surface area contributed by atoms with Crippen molar-refractivity contribution in [1.29, 1.82) is 0 Å². The second kappa shape index (κ2) is 8.39. The number of benzene rings is 2. The first-order chi connectivity index (χ1) is 12.6. The molecular weight excluding hydrogens is 388 g/mol. The van der Waals surface area contributed by atoms with E-state index in [-0.39, 0.29) is 21.4 Å². The molecule has 2 rings (SSSR count). The third-order valence-corrected chi connectivity index (χ3v) is 6.44. The van der Waals surface area contributed by atoms with Gasteiger partial charge in [-0.1, -0.05) is 42.0 Å². The Hall–Kier alpha value is -1.93. The van der Waals surface area contributed by atoms with Gasteiger partial charge in [0.25, 0.3) is 15.9 Å². The van der Waals surface area contributed by atoms with Gasteiger partial charge in [0.15, 0.2) is 0 Å². The highest BCUT2D eigenvalue weighted by molar-refractivity contribution is 7.89. The molecule has 0 N–H and O–H groups in total. The van der Waals surface area contributed by atoms with Crippen molar-refractivity contribution >= 4 is 33.2 Å². The quantitative estimate of drug-likeness (QED) is 0.677. The van der Waals surface area contributed by atoms with Crippen LogP contribution in [0.25, 0.3) is 0 Å². The molecule has 0 aliphatic heterocycles. The summed E-state index contributed by atoms with van der Waals surface area (Å²) in [5, 5.41) is 0.0138. The molecule has 2 aromatic carbocycles. The number of nitrogens with zero attached hydrogens (tertiary/aromatic N) is 2. The van der Waals surface area contributed by atoms with Gasteiger partial charge in [0.1, 0.15) is 4.90 Å². The summed E-state index contributed by atoms with van der Waals surface area (Å²) in [5.41, 5.74) is 2.03. The first-order valence-electron chi connectivity index (χ1n) is 8.30. The summed E-state index contributed by atoms with van der Waals surface area (Å²) >= 11 is 6.05. The Bertz CT molecular complexity index is 944. The number of hydroxylamine groups is 1. The van der Waals surface area contributed by atoms with Crippen LogP contribution in [0.4, 0.5) is 5.69 Å². The summed E-state index contributed by atoms with van der Waals surface area (Å²) in [6.45, 7) is 4.15. The molecule has 0 saturated heterocycles. The van der Waals surface area contributed by atoms with Gasteiger partial charge in [0.2, 0.25) is 0 Å². The minimum atomic E-state index is -3.98. The Balaban J connectivity index is 2.42. The number of hydrogen-bond donors (Lipinski definition) is 0. The maximum atomic E-state index is 12.9. The number of rotatable bonds is 6. The number of anilines is 1. The van der Waals surface area contributed by atoms with Crippen molar-refractivity contribution in [3.63, 3.8) is 0 Å². The van der Waals surface area contributed by atoms with Crippen LogP contribution in [-0.4, -0.2) is 40.0 Å². The minimum absolute atomic E-state index is 0.0138. The molecule has 0 bridgehead atoms. The third kappa shape index (κ3) is 4.50. The fourth-order valence-electron chi connectivity index (χ4n) is 2.47. The van der Waals surface area contributed by atoms with Crippen LogP contribution in [0, 0.1) is 0 Å². The van der Waals surface area contributed by atoms with E-state index >= 15 is 0 Å². The van der Waals surface area contributed by atoms with Gasteiger partial charge in [-0.15, -0.1) is 0 Å². The Kier molecular flexibility index (Phi) is 6.64. The van der Waals surface area contributed by atoms with Crippen molar-refractivity contribution in [3.8, 4) is 0 Å². The zero-order valence-corrected chi connectivity index (χ0v) is 17.5. The van der Waals surface area contributed by atoms with Crippen LogP contribution in [0.1, 0.15) is 35.7 Å². The van der Waals surface area contributed by atoms with E-state index in [9.17, 15) is 13.2 Å². The predicted molar refractivity (Wildman–Crippen MR) is 107 cm³/mol. The molecule has 0 aliphatic carbocycles. The van der Waals surface area contributed by atoms with E-state index in [0.717, 1.165) is 11.3 Å². The highest BCUT2D eigenvalue weighted by atomic mass is 35.5. The lowest BCUT2D eigenvalue weighted by Crippen LogP contribution is -2.28. The SMILES string of the molecule is CON(C)S(=O)(=O)c1cc(C(=O)N(C)c2cccc(C(C)C)c2)ccc1Cl. The van der Waals surface area contributed by atoms with Crippen molar-refractivity contribution in [2.24, 2.45) is 0 Å². The highest BCUT2D eigenvalue weighted by Gasteiger charge is 2.26. The van der Waals surface area contributed by atoms with Crippen LogP contribution in [0.15, 0.2) is 47.4 Å². The second-order valence-corrected chi connectivity index (χ2v) is 8.67. The zero-order valence-electron chi connectivity index (χ0n) is 15.9. The summed E-state index contributed by atoms with van der Waals surface area (Å²) in [6.07, 6.45) is 0. The molecule has 0 spiro atoms. The van der Waals surface area contributed by atoms with Crippen LogP contribution in [0.2, 0.25) is 5.02 Å². The molecule has 1 amide bonds. The van der Waals surface area contributed by atoms with E-state index in [1.165, 1.54) is 37.3 Å². The number of sulfonamides is 1. The average Bonchev–Trinajstić information content (AvgIpc) is 2.66. The van der Waals surface area contributed by atoms with Gasteiger partial charge in [-0.3, -0.25) is 9.63 Å². The van der Waals surface area contributed by atoms with Gasteiger partial charge in [0, 0.05) is 25.3 Å². The lowest BCUT2D eigenvalue weighted by atomic mass is 10.0. The number of carbonyl (C=O) groups is 1. The van der Waals surface area contributed by atoms with Crippen LogP contribution in [-0.2, 0) is 14.9 Å². The van der Waals surface area contributed by atoms with Gasteiger partial charge in [-0.25, -0.2) is 8.42 Å². The molecule has 2 aromatic rings. The van der Waals surface area contributed by atoms with Crippen molar-refractivity contribution < 1.29 is 18.0 Å². The topological polar surface area (TPSA) is 66.9 Å². The summed E-state index contributed by atoms with van der Waals surface area (Å²) in [4.78, 5) is 19.0. The van der Waals surface area contributed by atoms with Gasteiger partial charge in [-0.2, -0.15) is 0 Å². The van der Waals surface area contributed by atoms with Crippen LogP contribution in [0.5, 0.6) is 0 Å². The van der Waals surface area contributed by atoms with Gasteiger partial charge >= 0.3 is 0 Å². The maximum Gasteiger partial charge on any atom is 0.266 e. The molecule has 8 heteroatoms. The van der Waals surface area contributed by atoms with E-state index in [1.54, 1.807) is 7.05 Å². The van der Waals surface area contributed by atoms with Crippen LogP contribution >= 0.6 is 11.6 Å². The molecule has 6 nitrogen and oxygen atoms in total. The van der Waals surface area contributed by atoms with Crippen molar-refractivity contribution in [2.75, 3.05) is 26.1 Å². The molecule has 27 heavy (non-hydrogen) atoms. The summed E-state index contributed by atoms with van der Waals surface area (Å²) in [7, 11) is 0.155.